The Hall–Kier alpha value is -0.610. The molecule has 0 spiro atoms. The molecule has 2 N–H and O–H groups in total. The summed E-state index contributed by atoms with van der Waals surface area (Å²) >= 11 is 3.16. The molecule has 0 aliphatic heterocycles. The maximum absolute atomic E-state index is 13.2. The molecule has 0 bridgehead atoms. The fourth-order valence-corrected chi connectivity index (χ4v) is 1.80. The van der Waals surface area contributed by atoms with Gasteiger partial charge in [0.1, 0.15) is 0 Å². The van der Waals surface area contributed by atoms with E-state index in [0.717, 1.165) is 0 Å². The normalized spacial score (nSPS) is 11.8. The van der Waals surface area contributed by atoms with Crippen molar-refractivity contribution >= 4 is 15.9 Å². The van der Waals surface area contributed by atoms with E-state index in [1.165, 1.54) is 6.07 Å². The highest BCUT2D eigenvalue weighted by Gasteiger charge is 2.20. The van der Waals surface area contributed by atoms with Crippen LogP contribution in [0.2, 0.25) is 0 Å². The highest BCUT2D eigenvalue weighted by atomic mass is 79.9. The molecule has 0 aliphatic rings. The van der Waals surface area contributed by atoms with Crippen LogP contribution in [-0.2, 0) is 6.42 Å². The maximum atomic E-state index is 13.2. The van der Waals surface area contributed by atoms with Crippen LogP contribution in [0.15, 0.2) is 16.6 Å². The average Bonchev–Trinajstić information content (AvgIpc) is 2.13. The number of hydrogen-bond acceptors (Lipinski definition) is 2. The van der Waals surface area contributed by atoms with Crippen LogP contribution in [0, 0.1) is 11.2 Å². The summed E-state index contributed by atoms with van der Waals surface area (Å²) in [5, 5.41) is 18.6. The first-order valence-corrected chi connectivity index (χ1v) is 5.43. The van der Waals surface area contributed by atoms with Crippen molar-refractivity contribution in [1.29, 1.82) is 0 Å². The maximum Gasteiger partial charge on any atom is 0.166 e. The van der Waals surface area contributed by atoms with E-state index in [1.54, 1.807) is 6.07 Å². The van der Waals surface area contributed by atoms with Gasteiger partial charge in [0.05, 0.1) is 0 Å². The van der Waals surface area contributed by atoms with Gasteiger partial charge < -0.3 is 10.2 Å². The van der Waals surface area contributed by atoms with Crippen LogP contribution in [0.1, 0.15) is 19.4 Å². The summed E-state index contributed by atoms with van der Waals surface area (Å²) in [6.07, 6.45) is 0.422. The van der Waals surface area contributed by atoms with Gasteiger partial charge in [0, 0.05) is 11.1 Å². The summed E-state index contributed by atoms with van der Waals surface area (Å²) in [6, 6.07) is 2.88. The highest BCUT2D eigenvalue weighted by Crippen LogP contribution is 2.31. The first-order chi connectivity index (χ1) is 6.85. The number of aliphatic hydroxyl groups excluding tert-OH is 1. The van der Waals surface area contributed by atoms with Crippen molar-refractivity contribution in [2.45, 2.75) is 20.3 Å². The number of phenolic OH excluding ortho intramolecular Hbond substituents is 1. The summed E-state index contributed by atoms with van der Waals surface area (Å²) in [7, 11) is 0. The highest BCUT2D eigenvalue weighted by molar-refractivity contribution is 9.10. The Balaban J connectivity index is 3.05. The van der Waals surface area contributed by atoms with Gasteiger partial charge in [-0.25, -0.2) is 4.39 Å². The summed E-state index contributed by atoms with van der Waals surface area (Å²) in [5.74, 6) is -0.979. The molecule has 0 saturated heterocycles. The van der Waals surface area contributed by atoms with Gasteiger partial charge in [-0.05, 0) is 29.5 Å². The second-order valence-corrected chi connectivity index (χ2v) is 5.31. The van der Waals surface area contributed by atoms with Crippen molar-refractivity contribution in [2.24, 2.45) is 5.41 Å². The van der Waals surface area contributed by atoms with E-state index < -0.39 is 5.82 Å². The van der Waals surface area contributed by atoms with Gasteiger partial charge in [0.15, 0.2) is 11.6 Å². The Morgan fingerprint density at radius 2 is 2.00 bits per heavy atom. The number of benzene rings is 1. The predicted molar refractivity (Wildman–Crippen MR) is 60.3 cm³/mol. The average molecular weight is 277 g/mol. The lowest BCUT2D eigenvalue weighted by atomic mass is 9.86. The minimum absolute atomic E-state index is 0.0133. The number of aromatic hydroxyl groups is 1. The zero-order valence-corrected chi connectivity index (χ0v) is 10.3. The van der Waals surface area contributed by atoms with E-state index in [4.69, 9.17) is 5.11 Å². The first kappa shape index (κ1) is 12.5. The largest absolute Gasteiger partial charge is 0.505 e. The van der Waals surface area contributed by atoms with Gasteiger partial charge in [-0.3, -0.25) is 0 Å². The van der Waals surface area contributed by atoms with E-state index in [0.29, 0.717) is 16.5 Å². The molecule has 0 amide bonds. The number of phenols is 1. The predicted octanol–water partition coefficient (Wildman–Crippen LogP) is 2.85. The number of hydrogen-bond donors (Lipinski definition) is 2. The monoisotopic (exact) mass is 276 g/mol. The van der Waals surface area contributed by atoms with Gasteiger partial charge in [0.2, 0.25) is 0 Å². The van der Waals surface area contributed by atoms with Crippen molar-refractivity contribution in [3.63, 3.8) is 0 Å². The van der Waals surface area contributed by atoms with E-state index in [9.17, 15) is 9.50 Å². The van der Waals surface area contributed by atoms with Gasteiger partial charge in [-0.1, -0.05) is 29.8 Å². The standard InChI is InChI=1S/C11H14BrFO2/c1-11(2,6-14)5-7-3-8(12)4-9(13)10(7)15/h3-4,14-15H,5-6H2,1-2H3. The quantitative estimate of drug-likeness (QED) is 0.891. The molecule has 0 aliphatic carbocycles. The van der Waals surface area contributed by atoms with Crippen molar-refractivity contribution in [3.05, 3.63) is 28.0 Å². The SMILES string of the molecule is CC(C)(CO)Cc1cc(Br)cc(F)c1O. The minimum atomic E-state index is -0.645. The second kappa shape index (κ2) is 4.49. The molecule has 1 rings (SSSR count). The molecule has 0 saturated carbocycles. The Morgan fingerprint density at radius 1 is 1.40 bits per heavy atom. The molecular formula is C11H14BrFO2. The van der Waals surface area contributed by atoms with Gasteiger partial charge in [-0.2, -0.15) is 0 Å². The molecule has 1 aromatic carbocycles. The fourth-order valence-electron chi connectivity index (χ4n) is 1.33. The van der Waals surface area contributed by atoms with E-state index in [1.807, 2.05) is 13.8 Å². The zero-order chi connectivity index (χ0) is 11.6. The molecule has 0 heterocycles. The van der Waals surface area contributed by atoms with Crippen LogP contribution in [-0.4, -0.2) is 16.8 Å². The number of halogens is 2. The molecular weight excluding hydrogens is 263 g/mol. The molecule has 1 aromatic rings. The third kappa shape index (κ3) is 3.18. The van der Waals surface area contributed by atoms with Crippen LogP contribution in [0.3, 0.4) is 0 Å². The summed E-state index contributed by atoms with van der Waals surface area (Å²) in [4.78, 5) is 0. The van der Waals surface area contributed by atoms with Crippen LogP contribution in [0.4, 0.5) is 4.39 Å². The Kier molecular flexibility index (Phi) is 3.73. The molecule has 84 valence electrons. The fraction of sp³-hybridized carbons (Fsp3) is 0.455. The Bertz CT molecular complexity index is 364. The Morgan fingerprint density at radius 3 is 2.53 bits per heavy atom. The number of aliphatic hydroxyl groups is 1. The molecule has 2 nitrogen and oxygen atoms in total. The van der Waals surface area contributed by atoms with E-state index in [-0.39, 0.29) is 17.8 Å². The third-order valence-corrected chi connectivity index (χ3v) is 2.66. The third-order valence-electron chi connectivity index (χ3n) is 2.20. The van der Waals surface area contributed by atoms with Crippen LogP contribution in [0.5, 0.6) is 5.75 Å². The van der Waals surface area contributed by atoms with Crippen LogP contribution < -0.4 is 0 Å². The first-order valence-electron chi connectivity index (χ1n) is 4.63. The molecule has 0 fully saturated rings. The lowest BCUT2D eigenvalue weighted by Crippen LogP contribution is -2.19. The number of rotatable bonds is 3. The van der Waals surface area contributed by atoms with Gasteiger partial charge in [0.25, 0.3) is 0 Å². The van der Waals surface area contributed by atoms with Crippen molar-refractivity contribution < 1.29 is 14.6 Å². The van der Waals surface area contributed by atoms with E-state index >= 15 is 0 Å². The molecule has 0 aromatic heterocycles. The van der Waals surface area contributed by atoms with Crippen molar-refractivity contribution in [2.75, 3.05) is 6.61 Å². The zero-order valence-electron chi connectivity index (χ0n) is 8.72. The molecule has 0 atom stereocenters. The van der Waals surface area contributed by atoms with E-state index in [2.05, 4.69) is 15.9 Å². The molecule has 0 radical (unpaired) electrons. The smallest absolute Gasteiger partial charge is 0.166 e. The van der Waals surface area contributed by atoms with Gasteiger partial charge in [-0.15, -0.1) is 0 Å². The van der Waals surface area contributed by atoms with Crippen LogP contribution >= 0.6 is 15.9 Å². The molecule has 0 unspecified atom stereocenters. The molecule has 15 heavy (non-hydrogen) atoms. The lowest BCUT2D eigenvalue weighted by molar-refractivity contribution is 0.158. The van der Waals surface area contributed by atoms with Crippen molar-refractivity contribution in [3.8, 4) is 5.75 Å². The minimum Gasteiger partial charge on any atom is -0.505 e. The molecule has 4 heteroatoms. The van der Waals surface area contributed by atoms with Crippen molar-refractivity contribution in [1.82, 2.24) is 0 Å². The summed E-state index contributed by atoms with van der Waals surface area (Å²) in [5.41, 5.74) is 0.131. The summed E-state index contributed by atoms with van der Waals surface area (Å²) in [6.45, 7) is 3.69. The second-order valence-electron chi connectivity index (χ2n) is 4.39. The summed E-state index contributed by atoms with van der Waals surface area (Å²) < 4.78 is 13.8. The lowest BCUT2D eigenvalue weighted by Gasteiger charge is -2.22. The Labute approximate surface area is 96.9 Å². The van der Waals surface area contributed by atoms with Gasteiger partial charge >= 0.3 is 0 Å². The topological polar surface area (TPSA) is 40.5 Å². The van der Waals surface area contributed by atoms with Crippen LogP contribution in [0.25, 0.3) is 0 Å².